The van der Waals surface area contributed by atoms with E-state index in [1.807, 2.05) is 30.9 Å². The number of hydrogen-bond acceptors (Lipinski definition) is 7. The van der Waals surface area contributed by atoms with Crippen LogP contribution in [0, 0.1) is 0 Å². The molecule has 9 heteroatoms. The molecule has 0 aliphatic carbocycles. The molecule has 0 radical (unpaired) electrons. The highest BCUT2D eigenvalue weighted by molar-refractivity contribution is 7.99. The van der Waals surface area contributed by atoms with Gasteiger partial charge < -0.3 is 14.5 Å². The van der Waals surface area contributed by atoms with Gasteiger partial charge in [0.1, 0.15) is 11.0 Å². The molecule has 1 amide bonds. The molecule has 0 bridgehead atoms. The molecule has 2 fully saturated rings. The van der Waals surface area contributed by atoms with Crippen molar-refractivity contribution in [3.05, 3.63) is 53.2 Å². The molecule has 2 aromatic rings. The van der Waals surface area contributed by atoms with Gasteiger partial charge in [0, 0.05) is 51.9 Å². The number of amides is 1. The minimum Gasteiger partial charge on any atom is -0.372 e. The molecule has 2 saturated heterocycles. The Labute approximate surface area is 211 Å². The number of nitrogens with zero attached hydrogens (tertiary/aromatic N) is 5. The summed E-state index contributed by atoms with van der Waals surface area (Å²) in [5.41, 5.74) is 1.22. The van der Waals surface area contributed by atoms with E-state index in [0.29, 0.717) is 29.2 Å². The maximum absolute atomic E-state index is 12.7. The first-order chi connectivity index (χ1) is 16.5. The molecule has 3 heterocycles. The third-order valence-corrected chi connectivity index (χ3v) is 6.95. The Bertz CT molecular complexity index is 975. The fraction of sp³-hybridized carbons (Fsp3) is 0.480. The van der Waals surface area contributed by atoms with Crippen molar-refractivity contribution >= 4 is 41.2 Å². The molecule has 0 spiro atoms. The lowest BCUT2D eigenvalue weighted by molar-refractivity contribution is -0.140. The zero-order valence-electron chi connectivity index (χ0n) is 19.8. The molecule has 1 aromatic heterocycles. The Kier molecular flexibility index (Phi) is 8.83. The summed E-state index contributed by atoms with van der Waals surface area (Å²) in [5, 5.41) is 0.945. The molecule has 2 aliphatic rings. The zero-order chi connectivity index (χ0) is 23.9. The van der Waals surface area contributed by atoms with Gasteiger partial charge in [0.15, 0.2) is 5.16 Å². The average molecular weight is 502 g/mol. The minimum absolute atomic E-state index is 0.0548. The number of halogens is 1. The molecule has 182 valence electrons. The molecule has 2 unspecified atom stereocenters. The second-order valence-corrected chi connectivity index (χ2v) is 10.1. The minimum atomic E-state index is 0.0548. The maximum atomic E-state index is 12.7. The number of aromatic nitrogens is 2. The van der Waals surface area contributed by atoms with Crippen molar-refractivity contribution in [1.82, 2.24) is 19.8 Å². The lowest BCUT2D eigenvalue weighted by Crippen LogP contribution is -2.48. The van der Waals surface area contributed by atoms with E-state index >= 15 is 0 Å². The Morgan fingerprint density at radius 1 is 1.12 bits per heavy atom. The van der Waals surface area contributed by atoms with Gasteiger partial charge in [0.25, 0.3) is 0 Å². The number of piperazine rings is 1. The van der Waals surface area contributed by atoms with Crippen molar-refractivity contribution in [2.45, 2.75) is 31.2 Å². The van der Waals surface area contributed by atoms with Crippen molar-refractivity contribution < 1.29 is 9.53 Å². The third-order valence-electron chi connectivity index (χ3n) is 5.93. The van der Waals surface area contributed by atoms with Crippen LogP contribution in [0.4, 0.5) is 5.82 Å². The first kappa shape index (κ1) is 25.0. The summed E-state index contributed by atoms with van der Waals surface area (Å²) in [6.45, 7) is 9.81. The molecular weight excluding hydrogens is 470 g/mol. The molecule has 1 aromatic carbocycles. The highest BCUT2D eigenvalue weighted by atomic mass is 35.5. The third kappa shape index (κ3) is 7.18. The predicted octanol–water partition coefficient (Wildman–Crippen LogP) is 3.69. The Morgan fingerprint density at radius 3 is 2.53 bits per heavy atom. The van der Waals surface area contributed by atoms with Crippen LogP contribution in [0.3, 0.4) is 0 Å². The van der Waals surface area contributed by atoms with E-state index in [4.69, 9.17) is 21.3 Å². The van der Waals surface area contributed by atoms with Crippen LogP contribution in [0.2, 0.25) is 5.15 Å². The summed E-state index contributed by atoms with van der Waals surface area (Å²) in [5.74, 6) is 1.19. The number of thioether (sulfide) groups is 1. The van der Waals surface area contributed by atoms with Gasteiger partial charge in [-0.25, -0.2) is 9.97 Å². The molecule has 0 N–H and O–H groups in total. The Balaban J connectivity index is 1.27. The smallest absolute Gasteiger partial charge is 0.233 e. The van der Waals surface area contributed by atoms with Gasteiger partial charge in [-0.15, -0.1) is 0 Å². The summed E-state index contributed by atoms with van der Waals surface area (Å²) in [4.78, 5) is 28.2. The highest BCUT2D eigenvalue weighted by Crippen LogP contribution is 2.23. The van der Waals surface area contributed by atoms with Gasteiger partial charge in [0.2, 0.25) is 5.91 Å². The fourth-order valence-electron chi connectivity index (χ4n) is 4.27. The van der Waals surface area contributed by atoms with Crippen molar-refractivity contribution in [3.63, 3.8) is 0 Å². The van der Waals surface area contributed by atoms with Gasteiger partial charge in [-0.1, -0.05) is 65.8 Å². The Morgan fingerprint density at radius 2 is 1.82 bits per heavy atom. The van der Waals surface area contributed by atoms with Gasteiger partial charge in [0.05, 0.1) is 18.0 Å². The first-order valence-corrected chi connectivity index (χ1v) is 13.1. The summed E-state index contributed by atoms with van der Waals surface area (Å²) in [6.07, 6.45) is 4.49. The van der Waals surface area contributed by atoms with E-state index in [1.165, 1.54) is 17.3 Å². The number of hydrogen-bond donors (Lipinski definition) is 0. The molecule has 0 saturated carbocycles. The monoisotopic (exact) mass is 501 g/mol. The van der Waals surface area contributed by atoms with E-state index in [0.717, 1.165) is 38.5 Å². The number of carbonyl (C=O) groups is 1. The van der Waals surface area contributed by atoms with E-state index in [9.17, 15) is 4.79 Å². The normalized spacial score (nSPS) is 21.9. The van der Waals surface area contributed by atoms with E-state index < -0.39 is 0 Å². The molecular formula is C25H32ClN5O2S. The average Bonchev–Trinajstić information content (AvgIpc) is 2.83. The molecule has 34 heavy (non-hydrogen) atoms. The quantitative estimate of drug-likeness (QED) is 0.325. The van der Waals surface area contributed by atoms with Crippen LogP contribution in [0.15, 0.2) is 47.6 Å². The Hall–Kier alpha value is -2.13. The lowest BCUT2D eigenvalue weighted by atomic mass is 10.2. The zero-order valence-corrected chi connectivity index (χ0v) is 21.3. The number of benzene rings is 1. The maximum Gasteiger partial charge on any atom is 0.233 e. The molecule has 7 nitrogen and oxygen atoms in total. The van der Waals surface area contributed by atoms with Crippen LogP contribution >= 0.6 is 23.4 Å². The second kappa shape index (κ2) is 12.0. The predicted molar refractivity (Wildman–Crippen MR) is 138 cm³/mol. The van der Waals surface area contributed by atoms with E-state index in [-0.39, 0.29) is 18.1 Å². The van der Waals surface area contributed by atoms with Gasteiger partial charge in [-0.05, 0) is 19.4 Å². The van der Waals surface area contributed by atoms with Crippen molar-refractivity contribution in [3.8, 4) is 0 Å². The van der Waals surface area contributed by atoms with Crippen LogP contribution in [0.1, 0.15) is 19.4 Å². The van der Waals surface area contributed by atoms with E-state index in [1.54, 1.807) is 0 Å². The van der Waals surface area contributed by atoms with Crippen LogP contribution < -0.4 is 4.90 Å². The van der Waals surface area contributed by atoms with Gasteiger partial charge >= 0.3 is 0 Å². The van der Waals surface area contributed by atoms with Crippen molar-refractivity contribution in [1.29, 1.82) is 0 Å². The lowest BCUT2D eigenvalue weighted by Gasteiger charge is -2.35. The number of ether oxygens (including phenoxy) is 1. The van der Waals surface area contributed by atoms with Crippen molar-refractivity contribution in [2.24, 2.45) is 0 Å². The number of anilines is 1. The molecule has 4 rings (SSSR count). The largest absolute Gasteiger partial charge is 0.372 e. The fourth-order valence-corrected chi connectivity index (χ4v) is 5.26. The first-order valence-electron chi connectivity index (χ1n) is 11.8. The molecule has 2 aliphatic heterocycles. The SMILES string of the molecule is CC1CN(C(=O)CSc2nc(Cl)cc(N3CCN(C/C=C/c4ccccc4)CC3)n2)CC(C)O1. The number of rotatable bonds is 7. The van der Waals surface area contributed by atoms with Crippen molar-refractivity contribution in [2.75, 3.05) is 56.5 Å². The van der Waals surface area contributed by atoms with Crippen LogP contribution in [0.25, 0.3) is 6.08 Å². The summed E-state index contributed by atoms with van der Waals surface area (Å²) in [6, 6.07) is 12.2. The van der Waals surface area contributed by atoms with Gasteiger partial charge in [-0.3, -0.25) is 9.69 Å². The summed E-state index contributed by atoms with van der Waals surface area (Å²) in [7, 11) is 0. The number of carbonyl (C=O) groups excluding carboxylic acids is 1. The topological polar surface area (TPSA) is 61.8 Å². The highest BCUT2D eigenvalue weighted by Gasteiger charge is 2.26. The molecule has 2 atom stereocenters. The second-order valence-electron chi connectivity index (χ2n) is 8.78. The number of morpholine rings is 1. The van der Waals surface area contributed by atoms with E-state index in [2.05, 4.69) is 51.2 Å². The van der Waals surface area contributed by atoms with Gasteiger partial charge in [-0.2, -0.15) is 0 Å². The summed E-state index contributed by atoms with van der Waals surface area (Å²) >= 11 is 7.65. The van der Waals surface area contributed by atoms with Crippen LogP contribution in [0.5, 0.6) is 0 Å². The van der Waals surface area contributed by atoms with Crippen LogP contribution in [-0.4, -0.2) is 89.4 Å². The van der Waals surface area contributed by atoms with Crippen LogP contribution in [-0.2, 0) is 9.53 Å². The standard InChI is InChI=1S/C25H32ClN5O2S/c1-19-16-31(17-20(2)33-19)24(32)18-34-25-27-22(26)15-23(28-25)30-13-11-29(12-14-30)10-6-9-21-7-4-3-5-8-21/h3-9,15,19-20H,10-14,16-18H2,1-2H3/b9-6+. The summed E-state index contributed by atoms with van der Waals surface area (Å²) < 4.78 is 5.72.